The number of nitrogens with zero attached hydrogens (tertiary/aromatic N) is 4. The molecule has 0 aliphatic heterocycles. The van der Waals surface area contributed by atoms with E-state index in [4.69, 9.17) is 4.98 Å². The summed E-state index contributed by atoms with van der Waals surface area (Å²) in [7, 11) is 0. The van der Waals surface area contributed by atoms with Gasteiger partial charge in [-0.05, 0) is 37.1 Å². The van der Waals surface area contributed by atoms with Crippen LogP contribution in [0.1, 0.15) is 26.3 Å². The highest BCUT2D eigenvalue weighted by atomic mass is 19.1. The summed E-state index contributed by atoms with van der Waals surface area (Å²) in [5.41, 5.74) is 5.84. The predicted molar refractivity (Wildman–Crippen MR) is 152 cm³/mol. The first kappa shape index (κ1) is 24.8. The fourth-order valence-corrected chi connectivity index (χ4v) is 4.11. The maximum absolute atomic E-state index is 16.2. The number of aromatic amines is 2. The van der Waals surface area contributed by atoms with Crippen molar-refractivity contribution in [3.63, 3.8) is 0 Å². The second-order valence-corrected chi connectivity index (χ2v) is 9.21. The van der Waals surface area contributed by atoms with E-state index in [1.54, 1.807) is 30.7 Å². The zero-order valence-electron chi connectivity index (χ0n) is 21.5. The molecule has 8 heteroatoms. The Morgan fingerprint density at radius 1 is 1.11 bits per heavy atom. The fraction of sp³-hybridized carbons (Fsp3) is 0.133. The van der Waals surface area contributed by atoms with E-state index in [0.29, 0.717) is 28.1 Å². The number of benzene rings is 1. The van der Waals surface area contributed by atoms with Gasteiger partial charge in [-0.3, -0.25) is 15.1 Å². The van der Waals surface area contributed by atoms with Gasteiger partial charge in [0.2, 0.25) is 0 Å². The smallest absolute Gasteiger partial charge is 0.159 e. The molecule has 3 N–H and O–H groups in total. The Morgan fingerprint density at radius 2 is 1.95 bits per heavy atom. The third kappa shape index (κ3) is 4.64. The van der Waals surface area contributed by atoms with Crippen molar-refractivity contribution in [1.29, 1.82) is 0 Å². The van der Waals surface area contributed by atoms with Crippen molar-refractivity contribution in [3.8, 4) is 22.8 Å². The Bertz CT molecular complexity index is 1780. The zero-order chi connectivity index (χ0) is 26.8. The molecular formula is C30H28FN7. The third-order valence-corrected chi connectivity index (χ3v) is 6.33. The highest BCUT2D eigenvalue weighted by Gasteiger charge is 2.18. The van der Waals surface area contributed by atoms with Gasteiger partial charge in [0.1, 0.15) is 11.5 Å². The Kier molecular flexibility index (Phi) is 6.70. The van der Waals surface area contributed by atoms with Crippen LogP contribution in [0, 0.1) is 5.92 Å². The lowest BCUT2D eigenvalue weighted by atomic mass is 10.1. The molecule has 5 aromatic rings. The average Bonchev–Trinajstić information content (AvgIpc) is 3.57. The summed E-state index contributed by atoms with van der Waals surface area (Å²) in [6, 6.07) is 13.3. The van der Waals surface area contributed by atoms with Crippen LogP contribution in [0.2, 0.25) is 0 Å². The molecule has 190 valence electrons. The molecule has 0 aliphatic rings. The topological polar surface area (TPSA) is 95.2 Å². The van der Waals surface area contributed by atoms with Crippen molar-refractivity contribution in [2.45, 2.75) is 20.8 Å². The van der Waals surface area contributed by atoms with E-state index in [9.17, 15) is 0 Å². The molecule has 38 heavy (non-hydrogen) atoms. The minimum Gasteiger partial charge on any atom is -0.358 e. The number of anilines is 1. The van der Waals surface area contributed by atoms with Gasteiger partial charge in [-0.1, -0.05) is 51.3 Å². The van der Waals surface area contributed by atoms with Crippen LogP contribution in [0.25, 0.3) is 51.3 Å². The standard InChI is InChI=1S/C30H28FN7/c1-6-23-26(27(31)18(4)20-14-21(16-32-15-20)34-19(5)17(2)3)29(38-37-23)30-35-25-12-9-10-22(28(25)36-30)24-11-7-8-13-33-24/h6-17,34,37H,4-5H2,1-3H3,(H,35,36)/b23-6+,27-26-. The molecule has 0 aliphatic carbocycles. The third-order valence-electron chi connectivity index (χ3n) is 6.33. The molecule has 0 atom stereocenters. The van der Waals surface area contributed by atoms with E-state index in [-0.39, 0.29) is 16.7 Å². The number of pyridine rings is 2. The predicted octanol–water partition coefficient (Wildman–Crippen LogP) is 5.58. The number of hydrogen-bond acceptors (Lipinski definition) is 5. The lowest BCUT2D eigenvalue weighted by Gasteiger charge is -2.13. The summed E-state index contributed by atoms with van der Waals surface area (Å²) in [6.07, 6.45) is 6.76. The number of nitrogens with one attached hydrogen (secondary N) is 3. The lowest BCUT2D eigenvalue weighted by Crippen LogP contribution is -2.26. The largest absolute Gasteiger partial charge is 0.358 e. The van der Waals surface area contributed by atoms with E-state index in [1.165, 1.54) is 0 Å². The van der Waals surface area contributed by atoms with Crippen LogP contribution in [0.4, 0.5) is 10.1 Å². The summed E-state index contributed by atoms with van der Waals surface area (Å²) in [5, 5.41) is 11.4. The summed E-state index contributed by atoms with van der Waals surface area (Å²) >= 11 is 0. The van der Waals surface area contributed by atoms with Gasteiger partial charge in [0.15, 0.2) is 5.82 Å². The number of hydrogen-bond donors (Lipinski definition) is 3. The average molecular weight is 506 g/mol. The number of fused-ring (bicyclic) bond motifs is 1. The molecular weight excluding hydrogens is 477 g/mol. The van der Waals surface area contributed by atoms with E-state index in [1.807, 2.05) is 57.2 Å². The van der Waals surface area contributed by atoms with Crippen LogP contribution >= 0.6 is 0 Å². The normalized spacial score (nSPS) is 12.7. The van der Waals surface area contributed by atoms with Crippen LogP contribution in [-0.4, -0.2) is 30.1 Å². The molecule has 5 rings (SSSR count). The molecule has 0 saturated carbocycles. The van der Waals surface area contributed by atoms with Crippen LogP contribution < -0.4 is 15.9 Å². The Hall–Kier alpha value is -4.85. The Morgan fingerprint density at radius 3 is 2.68 bits per heavy atom. The molecule has 0 spiro atoms. The van der Waals surface area contributed by atoms with Gasteiger partial charge in [0.25, 0.3) is 0 Å². The highest BCUT2D eigenvalue weighted by Crippen LogP contribution is 2.28. The maximum atomic E-state index is 16.2. The second-order valence-electron chi connectivity index (χ2n) is 9.21. The first-order valence-electron chi connectivity index (χ1n) is 12.3. The molecule has 4 aromatic heterocycles. The summed E-state index contributed by atoms with van der Waals surface area (Å²) < 4.78 is 16.2. The van der Waals surface area contributed by atoms with Crippen molar-refractivity contribution in [3.05, 3.63) is 96.0 Å². The molecule has 0 amide bonds. The number of halogens is 1. The minimum absolute atomic E-state index is 0.187. The molecule has 4 heterocycles. The Labute approximate surface area is 219 Å². The van der Waals surface area contributed by atoms with Gasteiger partial charge in [0.05, 0.1) is 39.2 Å². The van der Waals surface area contributed by atoms with Gasteiger partial charge < -0.3 is 10.3 Å². The zero-order valence-corrected chi connectivity index (χ0v) is 21.5. The second kappa shape index (κ2) is 10.3. The number of H-pyrrole nitrogens is 2. The maximum Gasteiger partial charge on any atom is 0.159 e. The number of aromatic nitrogens is 6. The molecule has 0 bridgehead atoms. The first-order valence-corrected chi connectivity index (χ1v) is 12.3. The van der Waals surface area contributed by atoms with Crippen molar-refractivity contribution in [2.75, 3.05) is 5.32 Å². The van der Waals surface area contributed by atoms with Crippen molar-refractivity contribution < 1.29 is 4.39 Å². The number of imidazole rings is 1. The van der Waals surface area contributed by atoms with E-state index >= 15 is 4.39 Å². The van der Waals surface area contributed by atoms with Crippen molar-refractivity contribution >= 4 is 34.2 Å². The van der Waals surface area contributed by atoms with Gasteiger partial charge >= 0.3 is 0 Å². The van der Waals surface area contributed by atoms with Crippen LogP contribution in [-0.2, 0) is 0 Å². The van der Waals surface area contributed by atoms with Crippen LogP contribution in [0.3, 0.4) is 0 Å². The molecule has 0 radical (unpaired) electrons. The van der Waals surface area contributed by atoms with Gasteiger partial charge in [-0.15, -0.1) is 0 Å². The molecule has 7 nitrogen and oxygen atoms in total. The molecule has 0 unspecified atom stereocenters. The molecule has 0 saturated heterocycles. The molecule has 0 fully saturated rings. The minimum atomic E-state index is -0.520. The van der Waals surface area contributed by atoms with Gasteiger partial charge in [0, 0.05) is 34.8 Å². The lowest BCUT2D eigenvalue weighted by molar-refractivity contribution is 0.764. The quantitative estimate of drug-likeness (QED) is 0.268. The van der Waals surface area contributed by atoms with E-state index < -0.39 is 5.83 Å². The van der Waals surface area contributed by atoms with E-state index in [0.717, 1.165) is 28.0 Å². The van der Waals surface area contributed by atoms with E-state index in [2.05, 4.69) is 43.6 Å². The number of allylic oxidation sites excluding steroid dienone is 2. The first-order chi connectivity index (χ1) is 18.4. The van der Waals surface area contributed by atoms with Crippen LogP contribution in [0.15, 0.2) is 79.9 Å². The van der Waals surface area contributed by atoms with Crippen molar-refractivity contribution in [1.82, 2.24) is 30.1 Å². The fourth-order valence-electron chi connectivity index (χ4n) is 4.11. The SMILES string of the molecule is C=C(/C(F)=c1/c(-c2nc3c(-c4ccccn4)cccc3[nH]2)n[nH]/c1=C/C)c1cncc(NC(=C)C(C)C)c1. The summed E-state index contributed by atoms with van der Waals surface area (Å²) in [4.78, 5) is 16.8. The summed E-state index contributed by atoms with van der Waals surface area (Å²) in [6.45, 7) is 14.0. The van der Waals surface area contributed by atoms with Crippen LogP contribution in [0.5, 0.6) is 0 Å². The van der Waals surface area contributed by atoms with Crippen molar-refractivity contribution in [2.24, 2.45) is 5.92 Å². The van der Waals surface area contributed by atoms with Gasteiger partial charge in [-0.25, -0.2) is 9.37 Å². The molecule has 1 aromatic carbocycles. The number of para-hydroxylation sites is 1. The summed E-state index contributed by atoms with van der Waals surface area (Å²) in [5.74, 6) is 0.157. The van der Waals surface area contributed by atoms with Gasteiger partial charge in [-0.2, -0.15) is 5.10 Å². The Balaban J connectivity index is 1.62. The monoisotopic (exact) mass is 505 g/mol. The highest BCUT2D eigenvalue weighted by molar-refractivity contribution is 5.95. The number of rotatable bonds is 7.